The molecule has 94 valence electrons. The van der Waals surface area contributed by atoms with Gasteiger partial charge in [0.2, 0.25) is 0 Å². The fourth-order valence-electron chi connectivity index (χ4n) is 2.36. The number of rotatable bonds is 5. The van der Waals surface area contributed by atoms with Crippen LogP contribution in [0.5, 0.6) is 0 Å². The summed E-state index contributed by atoms with van der Waals surface area (Å²) >= 11 is 0. The summed E-state index contributed by atoms with van der Waals surface area (Å²) in [6.07, 6.45) is 4.04. The molecule has 1 heterocycles. The van der Waals surface area contributed by atoms with E-state index in [1.54, 1.807) is 0 Å². The summed E-state index contributed by atoms with van der Waals surface area (Å²) in [5.74, 6) is 0.142. The van der Waals surface area contributed by atoms with Crippen LogP contribution in [0.4, 0.5) is 0 Å². The molecule has 3 nitrogen and oxygen atoms in total. The number of carbonyl (C=O) groups is 1. The number of hydrogen-bond acceptors (Lipinski definition) is 2. The van der Waals surface area contributed by atoms with Crippen molar-refractivity contribution in [2.75, 3.05) is 19.6 Å². The van der Waals surface area contributed by atoms with Crippen LogP contribution in [0.15, 0.2) is 0 Å². The maximum atomic E-state index is 11.1. The molecule has 1 saturated heterocycles. The van der Waals surface area contributed by atoms with Gasteiger partial charge in [-0.25, -0.2) is 0 Å². The molecule has 1 fully saturated rings. The number of nitrogens with zero attached hydrogens (tertiary/aromatic N) is 1. The van der Waals surface area contributed by atoms with Gasteiger partial charge in [-0.1, -0.05) is 26.7 Å². The summed E-state index contributed by atoms with van der Waals surface area (Å²) in [7, 11) is 0. The molecule has 0 unspecified atom stereocenters. The Morgan fingerprint density at radius 3 is 2.19 bits per heavy atom. The smallest absolute Gasteiger partial charge is 0.309 e. The quantitative estimate of drug-likeness (QED) is 0.785. The third-order valence-corrected chi connectivity index (χ3v) is 4.15. The Bertz CT molecular complexity index is 228. The molecule has 0 spiro atoms. The van der Waals surface area contributed by atoms with Crippen LogP contribution in [0.3, 0.4) is 0 Å². The SMILES string of the molecule is CCC(CC)CN1CCC(C)(C(=O)O)CC1. The van der Waals surface area contributed by atoms with Gasteiger partial charge in [-0.15, -0.1) is 0 Å². The van der Waals surface area contributed by atoms with Gasteiger partial charge in [-0.3, -0.25) is 4.79 Å². The predicted molar refractivity (Wildman–Crippen MR) is 65.5 cm³/mol. The number of aliphatic carboxylic acids is 1. The van der Waals surface area contributed by atoms with Gasteiger partial charge >= 0.3 is 5.97 Å². The second-order valence-corrected chi connectivity index (χ2v) is 5.35. The van der Waals surface area contributed by atoms with Gasteiger partial charge in [-0.05, 0) is 38.8 Å². The lowest BCUT2D eigenvalue weighted by atomic mass is 9.80. The molecular formula is C13H25NO2. The van der Waals surface area contributed by atoms with Crippen molar-refractivity contribution < 1.29 is 9.90 Å². The molecule has 1 rings (SSSR count). The maximum Gasteiger partial charge on any atom is 0.309 e. The Hall–Kier alpha value is -0.570. The molecule has 1 aliphatic rings. The highest BCUT2D eigenvalue weighted by Gasteiger charge is 2.36. The van der Waals surface area contributed by atoms with Crippen molar-refractivity contribution in [3.8, 4) is 0 Å². The summed E-state index contributed by atoms with van der Waals surface area (Å²) in [5.41, 5.74) is -0.482. The van der Waals surface area contributed by atoms with Gasteiger partial charge in [0.05, 0.1) is 5.41 Å². The van der Waals surface area contributed by atoms with E-state index in [4.69, 9.17) is 5.11 Å². The second kappa shape index (κ2) is 5.67. The second-order valence-electron chi connectivity index (χ2n) is 5.35. The van der Waals surface area contributed by atoms with E-state index in [0.717, 1.165) is 38.4 Å². The van der Waals surface area contributed by atoms with Crippen LogP contribution >= 0.6 is 0 Å². The number of piperidine rings is 1. The molecule has 0 saturated carbocycles. The number of likely N-dealkylation sites (tertiary alicyclic amines) is 1. The van der Waals surface area contributed by atoms with E-state index in [-0.39, 0.29) is 0 Å². The summed E-state index contributed by atoms with van der Waals surface area (Å²) in [4.78, 5) is 13.5. The number of carboxylic acids is 1. The minimum atomic E-state index is -0.630. The van der Waals surface area contributed by atoms with Crippen LogP contribution in [0.25, 0.3) is 0 Å². The van der Waals surface area contributed by atoms with E-state index < -0.39 is 11.4 Å². The average molecular weight is 227 g/mol. The minimum absolute atomic E-state index is 0.482. The van der Waals surface area contributed by atoms with Crippen LogP contribution in [-0.4, -0.2) is 35.6 Å². The van der Waals surface area contributed by atoms with Crippen molar-refractivity contribution in [2.24, 2.45) is 11.3 Å². The van der Waals surface area contributed by atoms with Gasteiger partial charge in [0.1, 0.15) is 0 Å². The first-order valence-electron chi connectivity index (χ1n) is 6.47. The van der Waals surface area contributed by atoms with Crippen molar-refractivity contribution in [3.63, 3.8) is 0 Å². The number of carboxylic acid groups (broad SMARTS) is 1. The lowest BCUT2D eigenvalue weighted by Gasteiger charge is -2.37. The molecule has 0 aromatic carbocycles. The summed E-state index contributed by atoms with van der Waals surface area (Å²) < 4.78 is 0. The van der Waals surface area contributed by atoms with Crippen LogP contribution in [0, 0.1) is 11.3 Å². The molecule has 0 radical (unpaired) electrons. The molecule has 0 aromatic heterocycles. The Kier molecular flexibility index (Phi) is 4.78. The van der Waals surface area contributed by atoms with Crippen molar-refractivity contribution in [2.45, 2.75) is 46.5 Å². The normalized spacial score (nSPS) is 21.2. The molecule has 0 aromatic rings. The molecule has 0 aliphatic carbocycles. The zero-order valence-corrected chi connectivity index (χ0v) is 10.8. The van der Waals surface area contributed by atoms with E-state index in [0.29, 0.717) is 0 Å². The predicted octanol–water partition coefficient (Wildman–Crippen LogP) is 2.61. The molecule has 1 N–H and O–H groups in total. The fourth-order valence-corrected chi connectivity index (χ4v) is 2.36. The fraction of sp³-hybridized carbons (Fsp3) is 0.923. The van der Waals surface area contributed by atoms with Gasteiger partial charge in [-0.2, -0.15) is 0 Å². The monoisotopic (exact) mass is 227 g/mol. The van der Waals surface area contributed by atoms with Crippen molar-refractivity contribution in [3.05, 3.63) is 0 Å². The molecule has 3 heteroatoms. The van der Waals surface area contributed by atoms with E-state index in [1.165, 1.54) is 12.8 Å². The van der Waals surface area contributed by atoms with Crippen LogP contribution in [0.1, 0.15) is 46.5 Å². The molecule has 0 bridgehead atoms. The van der Waals surface area contributed by atoms with Crippen molar-refractivity contribution in [1.82, 2.24) is 4.90 Å². The first kappa shape index (κ1) is 13.5. The van der Waals surface area contributed by atoms with Gasteiger partial charge in [0.15, 0.2) is 0 Å². The van der Waals surface area contributed by atoms with E-state index >= 15 is 0 Å². The van der Waals surface area contributed by atoms with E-state index in [9.17, 15) is 4.79 Å². The standard InChI is InChI=1S/C13H25NO2/c1-4-11(5-2)10-14-8-6-13(3,7-9-14)12(15)16/h11H,4-10H2,1-3H3,(H,15,16). The Balaban J connectivity index is 2.40. The maximum absolute atomic E-state index is 11.1. The summed E-state index contributed by atoms with van der Waals surface area (Å²) in [6.45, 7) is 9.38. The van der Waals surface area contributed by atoms with Crippen LogP contribution < -0.4 is 0 Å². The average Bonchev–Trinajstić information content (AvgIpc) is 2.28. The minimum Gasteiger partial charge on any atom is -0.481 e. The largest absolute Gasteiger partial charge is 0.481 e. The lowest BCUT2D eigenvalue weighted by Crippen LogP contribution is -2.44. The molecular weight excluding hydrogens is 202 g/mol. The highest BCUT2D eigenvalue weighted by Crippen LogP contribution is 2.31. The topological polar surface area (TPSA) is 40.5 Å². The van der Waals surface area contributed by atoms with Crippen LogP contribution in [0.2, 0.25) is 0 Å². The highest BCUT2D eigenvalue weighted by atomic mass is 16.4. The third-order valence-electron chi connectivity index (χ3n) is 4.15. The summed E-state index contributed by atoms with van der Waals surface area (Å²) in [5, 5.41) is 9.14. The Labute approximate surface area is 98.8 Å². The zero-order valence-electron chi connectivity index (χ0n) is 10.8. The molecule has 0 amide bonds. The first-order chi connectivity index (χ1) is 7.51. The van der Waals surface area contributed by atoms with Gasteiger partial charge < -0.3 is 10.0 Å². The lowest BCUT2D eigenvalue weighted by molar-refractivity contribution is -0.150. The molecule has 16 heavy (non-hydrogen) atoms. The van der Waals surface area contributed by atoms with Crippen molar-refractivity contribution >= 4 is 5.97 Å². The number of hydrogen-bond donors (Lipinski definition) is 1. The third kappa shape index (κ3) is 3.21. The highest BCUT2D eigenvalue weighted by molar-refractivity contribution is 5.74. The van der Waals surface area contributed by atoms with Crippen LogP contribution in [-0.2, 0) is 4.79 Å². The van der Waals surface area contributed by atoms with Gasteiger partial charge in [0.25, 0.3) is 0 Å². The van der Waals surface area contributed by atoms with Gasteiger partial charge in [0, 0.05) is 6.54 Å². The molecule has 1 aliphatic heterocycles. The Morgan fingerprint density at radius 1 is 1.31 bits per heavy atom. The first-order valence-corrected chi connectivity index (χ1v) is 6.47. The Morgan fingerprint density at radius 2 is 1.81 bits per heavy atom. The van der Waals surface area contributed by atoms with E-state index in [1.807, 2.05) is 6.92 Å². The zero-order chi connectivity index (χ0) is 12.2. The van der Waals surface area contributed by atoms with Crippen molar-refractivity contribution in [1.29, 1.82) is 0 Å². The summed E-state index contributed by atoms with van der Waals surface area (Å²) in [6, 6.07) is 0. The molecule has 0 atom stereocenters. The van der Waals surface area contributed by atoms with E-state index in [2.05, 4.69) is 18.7 Å².